The lowest BCUT2D eigenvalue weighted by Gasteiger charge is -2.23. The molecule has 1 aliphatic carbocycles. The molecular weight excluding hydrogens is 462 g/mol. The van der Waals surface area contributed by atoms with Gasteiger partial charge in [-0.2, -0.15) is 5.26 Å². The third-order valence-corrected chi connectivity index (χ3v) is 6.97. The van der Waals surface area contributed by atoms with Crippen LogP contribution in [0.2, 0.25) is 0 Å². The molecule has 0 spiro atoms. The van der Waals surface area contributed by atoms with Gasteiger partial charge in [-0.05, 0) is 67.2 Å². The summed E-state index contributed by atoms with van der Waals surface area (Å²) in [5.41, 5.74) is 11.9. The first-order valence-corrected chi connectivity index (χ1v) is 12.5. The molecule has 186 valence electrons. The van der Waals surface area contributed by atoms with E-state index in [4.69, 9.17) is 10.5 Å². The fourth-order valence-corrected chi connectivity index (χ4v) is 5.19. The third kappa shape index (κ3) is 4.66. The van der Waals surface area contributed by atoms with Crippen molar-refractivity contribution in [3.8, 4) is 34.2 Å². The second kappa shape index (κ2) is 10.2. The van der Waals surface area contributed by atoms with Crippen molar-refractivity contribution in [1.29, 1.82) is 5.26 Å². The number of rotatable bonds is 6. The summed E-state index contributed by atoms with van der Waals surface area (Å²) in [5, 5.41) is 13.3. The fourth-order valence-electron chi connectivity index (χ4n) is 5.19. The second-order valence-electron chi connectivity index (χ2n) is 9.35. The Morgan fingerprint density at radius 3 is 2.46 bits per heavy atom. The lowest BCUT2D eigenvalue weighted by Crippen LogP contribution is -2.19. The average molecular weight is 492 g/mol. The number of anilines is 2. The van der Waals surface area contributed by atoms with Crippen LogP contribution in [0.15, 0.2) is 67.4 Å². The molecule has 2 heterocycles. The van der Waals surface area contributed by atoms with Crippen molar-refractivity contribution in [2.24, 2.45) is 7.05 Å². The van der Waals surface area contributed by atoms with Gasteiger partial charge in [-0.25, -0.2) is 4.98 Å². The molecule has 0 atom stereocenters. The number of pyridine rings is 1. The van der Waals surface area contributed by atoms with Crippen molar-refractivity contribution in [3.05, 3.63) is 72.9 Å². The molecule has 5 rings (SSSR count). The predicted molar refractivity (Wildman–Crippen MR) is 147 cm³/mol. The summed E-state index contributed by atoms with van der Waals surface area (Å²) in [5.74, 6) is 0.942. The van der Waals surface area contributed by atoms with Crippen molar-refractivity contribution in [1.82, 2.24) is 9.55 Å². The largest absolute Gasteiger partial charge is 0.490 e. The third-order valence-electron chi connectivity index (χ3n) is 6.97. The number of nitrogens with zero attached hydrogens (tertiary/aromatic N) is 3. The molecule has 4 aromatic rings. The van der Waals surface area contributed by atoms with Crippen LogP contribution in [0.1, 0.15) is 37.7 Å². The van der Waals surface area contributed by atoms with Gasteiger partial charge >= 0.3 is 0 Å². The highest BCUT2D eigenvalue weighted by Gasteiger charge is 2.23. The highest BCUT2D eigenvalue weighted by atomic mass is 16.5. The highest BCUT2D eigenvalue weighted by molar-refractivity contribution is 6.10. The molecule has 1 aliphatic rings. The minimum atomic E-state index is -0.272. The van der Waals surface area contributed by atoms with Gasteiger partial charge in [-0.15, -0.1) is 0 Å². The maximum atomic E-state index is 11.7. The number of ether oxygens (including phenoxy) is 1. The molecule has 7 nitrogen and oxygen atoms in total. The summed E-state index contributed by atoms with van der Waals surface area (Å²) >= 11 is 0. The number of benzene rings is 2. The molecule has 2 aromatic heterocycles. The summed E-state index contributed by atoms with van der Waals surface area (Å²) < 4.78 is 8.23. The first kappa shape index (κ1) is 24.1. The van der Waals surface area contributed by atoms with Crippen LogP contribution >= 0.6 is 0 Å². The number of hydrogen-bond acceptors (Lipinski definition) is 5. The number of fused-ring (bicyclic) bond motifs is 1. The van der Waals surface area contributed by atoms with Crippen LogP contribution in [0.5, 0.6) is 5.75 Å². The number of nitriles is 1. The molecule has 0 radical (unpaired) electrons. The number of hydrogen-bond donors (Lipinski definition) is 2. The van der Waals surface area contributed by atoms with Gasteiger partial charge in [-0.1, -0.05) is 37.3 Å². The smallest absolute Gasteiger partial charge is 0.247 e. The van der Waals surface area contributed by atoms with Crippen LogP contribution < -0.4 is 15.8 Å². The van der Waals surface area contributed by atoms with E-state index >= 15 is 0 Å². The highest BCUT2D eigenvalue weighted by Crippen LogP contribution is 2.43. The zero-order chi connectivity index (χ0) is 25.9. The van der Waals surface area contributed by atoms with Gasteiger partial charge < -0.3 is 20.4 Å². The lowest BCUT2D eigenvalue weighted by molar-refractivity contribution is -0.111. The maximum Gasteiger partial charge on any atom is 0.247 e. The molecule has 2 aromatic carbocycles. The Labute approximate surface area is 216 Å². The van der Waals surface area contributed by atoms with Crippen LogP contribution in [0.25, 0.3) is 33.3 Å². The molecule has 7 heteroatoms. The Morgan fingerprint density at radius 1 is 1.14 bits per heavy atom. The number of aryl methyl sites for hydroxylation is 1. The Kier molecular flexibility index (Phi) is 6.65. The molecule has 1 fully saturated rings. The standard InChI is InChI=1S/C30H29N5O2/c1-3-25(36)34-22-13-9-20(10-14-22)28-26(27-29(35(28)2)21(17-31)18-33-30(27)32)19-11-15-24(16-12-19)37-23-7-5-4-6-8-23/h3,9-16,18,23H,1,4-8H2,2H3,(H2,32,33)(H,34,36). The summed E-state index contributed by atoms with van der Waals surface area (Å²) in [6.07, 6.45) is 8.92. The van der Waals surface area contributed by atoms with Crippen LogP contribution in [-0.4, -0.2) is 21.6 Å². The Bertz CT molecular complexity index is 1510. The van der Waals surface area contributed by atoms with E-state index in [0.717, 1.165) is 51.9 Å². The number of carbonyl (C=O) groups excluding carboxylic acids is 1. The van der Waals surface area contributed by atoms with Gasteiger partial charge in [0.2, 0.25) is 5.91 Å². The molecule has 37 heavy (non-hydrogen) atoms. The van der Waals surface area contributed by atoms with E-state index < -0.39 is 0 Å². The molecule has 0 unspecified atom stereocenters. The van der Waals surface area contributed by atoms with E-state index in [9.17, 15) is 10.1 Å². The number of carbonyl (C=O) groups is 1. The number of nitrogen functional groups attached to an aromatic ring is 1. The first-order valence-electron chi connectivity index (χ1n) is 12.5. The summed E-state index contributed by atoms with van der Waals surface area (Å²) in [6.45, 7) is 3.50. The maximum absolute atomic E-state index is 11.7. The average Bonchev–Trinajstić information content (AvgIpc) is 3.24. The van der Waals surface area contributed by atoms with Crippen LogP contribution in [0.3, 0.4) is 0 Å². The number of amides is 1. The van der Waals surface area contributed by atoms with E-state index in [1.807, 2.05) is 60.1 Å². The van der Waals surface area contributed by atoms with Crippen molar-refractivity contribution in [2.45, 2.75) is 38.2 Å². The molecule has 3 N–H and O–H groups in total. The van der Waals surface area contributed by atoms with E-state index in [1.54, 1.807) is 0 Å². The van der Waals surface area contributed by atoms with Gasteiger partial charge in [0.25, 0.3) is 0 Å². The quantitative estimate of drug-likeness (QED) is 0.313. The van der Waals surface area contributed by atoms with Gasteiger partial charge in [-0.3, -0.25) is 4.79 Å². The Balaban J connectivity index is 1.62. The lowest BCUT2D eigenvalue weighted by atomic mass is 9.97. The normalized spacial score (nSPS) is 13.7. The molecular formula is C30H29N5O2. The van der Waals surface area contributed by atoms with Crippen molar-refractivity contribution in [3.63, 3.8) is 0 Å². The van der Waals surface area contributed by atoms with E-state index in [0.29, 0.717) is 17.1 Å². The zero-order valence-corrected chi connectivity index (χ0v) is 20.8. The molecule has 0 bridgehead atoms. The second-order valence-corrected chi connectivity index (χ2v) is 9.35. The summed E-state index contributed by atoms with van der Waals surface area (Å²) in [4.78, 5) is 16.0. The van der Waals surface area contributed by atoms with Crippen molar-refractivity contribution < 1.29 is 9.53 Å². The van der Waals surface area contributed by atoms with E-state index in [1.165, 1.54) is 31.5 Å². The zero-order valence-electron chi connectivity index (χ0n) is 20.8. The number of nitrogens with one attached hydrogen (secondary N) is 1. The van der Waals surface area contributed by atoms with Crippen LogP contribution in [-0.2, 0) is 11.8 Å². The van der Waals surface area contributed by atoms with Crippen molar-refractivity contribution in [2.75, 3.05) is 11.1 Å². The first-order chi connectivity index (χ1) is 18.0. The van der Waals surface area contributed by atoms with Crippen molar-refractivity contribution >= 4 is 28.3 Å². The topological polar surface area (TPSA) is 106 Å². The van der Waals surface area contributed by atoms with Gasteiger partial charge in [0.05, 0.1) is 28.3 Å². The minimum absolute atomic E-state index is 0.269. The summed E-state index contributed by atoms with van der Waals surface area (Å²) in [7, 11) is 1.93. The van der Waals surface area contributed by atoms with Crippen LogP contribution in [0, 0.1) is 11.3 Å². The molecule has 0 saturated heterocycles. The van der Waals surface area contributed by atoms with E-state index in [-0.39, 0.29) is 12.0 Å². The molecule has 1 saturated carbocycles. The summed E-state index contributed by atoms with van der Waals surface area (Å²) in [6, 6.07) is 17.9. The fraction of sp³-hybridized carbons (Fsp3) is 0.233. The number of aromatic nitrogens is 2. The van der Waals surface area contributed by atoms with Gasteiger partial charge in [0.15, 0.2) is 0 Å². The van der Waals surface area contributed by atoms with Crippen LogP contribution in [0.4, 0.5) is 11.5 Å². The molecule has 1 amide bonds. The SMILES string of the molecule is C=CC(=O)Nc1ccc(-c2c(-c3ccc(OC4CCCCC4)cc3)c3c(N)ncc(C#N)c3n2C)cc1. The minimum Gasteiger partial charge on any atom is -0.490 e. The Morgan fingerprint density at radius 2 is 1.81 bits per heavy atom. The van der Waals surface area contributed by atoms with Gasteiger partial charge in [0, 0.05) is 24.5 Å². The Hall–Kier alpha value is -4.57. The molecule has 0 aliphatic heterocycles. The number of nitrogens with two attached hydrogens (primary N) is 1. The predicted octanol–water partition coefficient (Wildman–Crippen LogP) is 6.20. The monoisotopic (exact) mass is 491 g/mol. The van der Waals surface area contributed by atoms with E-state index in [2.05, 4.69) is 22.9 Å². The van der Waals surface area contributed by atoms with Gasteiger partial charge in [0.1, 0.15) is 17.6 Å².